The number of guanidine groups is 1. The van der Waals surface area contributed by atoms with E-state index in [1.165, 1.54) is 5.56 Å². The summed E-state index contributed by atoms with van der Waals surface area (Å²) in [5.74, 6) is 0.683. The van der Waals surface area contributed by atoms with Crippen LogP contribution >= 0.6 is 35.6 Å². The highest BCUT2D eigenvalue weighted by Gasteiger charge is 2.44. The Bertz CT molecular complexity index is 629. The fourth-order valence-corrected chi connectivity index (χ4v) is 2.97. The van der Waals surface area contributed by atoms with E-state index in [0.29, 0.717) is 12.0 Å². The molecule has 1 amide bonds. The minimum absolute atomic E-state index is 0. The third kappa shape index (κ3) is 6.02. The van der Waals surface area contributed by atoms with Crippen molar-refractivity contribution in [1.29, 1.82) is 0 Å². The van der Waals surface area contributed by atoms with E-state index in [1.54, 1.807) is 0 Å². The number of carbonyl (C=O) groups is 1. The number of nitrogens with zero attached hydrogens (tertiary/aromatic N) is 1. The molecule has 0 aliphatic heterocycles. The largest absolute Gasteiger partial charge is 0.357 e. The van der Waals surface area contributed by atoms with E-state index in [0.717, 1.165) is 43.8 Å². The lowest BCUT2D eigenvalue weighted by Gasteiger charge is -2.19. The highest BCUT2D eigenvalue weighted by molar-refractivity contribution is 14.0. The number of hydrogen-bond acceptors (Lipinski definition) is 2. The molecule has 1 aromatic carbocycles. The summed E-state index contributed by atoms with van der Waals surface area (Å²) in [4.78, 5) is 16.2. The van der Waals surface area contributed by atoms with Crippen LogP contribution in [0.4, 0.5) is 0 Å². The van der Waals surface area contributed by atoms with Gasteiger partial charge in [0.05, 0.1) is 0 Å². The predicted molar refractivity (Wildman–Crippen MR) is 113 cm³/mol. The number of carbonyl (C=O) groups excluding carboxylic acids is 1. The first-order chi connectivity index (χ1) is 11.6. The van der Waals surface area contributed by atoms with Crippen LogP contribution in [0.1, 0.15) is 38.2 Å². The lowest BCUT2D eigenvalue weighted by Crippen LogP contribution is -2.42. The highest BCUT2D eigenvalue weighted by Crippen LogP contribution is 2.48. The Kier molecular flexibility index (Phi) is 7.37. The highest BCUT2D eigenvalue weighted by atomic mass is 127. The van der Waals surface area contributed by atoms with Gasteiger partial charge in [-0.1, -0.05) is 23.7 Å². The first kappa shape index (κ1) is 20.3. The van der Waals surface area contributed by atoms with Gasteiger partial charge < -0.3 is 16.0 Å². The van der Waals surface area contributed by atoms with Gasteiger partial charge in [-0.2, -0.15) is 0 Å². The summed E-state index contributed by atoms with van der Waals surface area (Å²) in [6.07, 6.45) is 4.47. The summed E-state index contributed by atoms with van der Waals surface area (Å²) in [7, 11) is 0. The van der Waals surface area contributed by atoms with Gasteiger partial charge in [0.1, 0.15) is 6.54 Å². The lowest BCUT2D eigenvalue weighted by molar-refractivity contribution is -0.119. The Hall–Kier alpha value is -1.02. The van der Waals surface area contributed by atoms with Crippen molar-refractivity contribution in [1.82, 2.24) is 16.0 Å². The molecular formula is C18H26ClIN4O. The van der Waals surface area contributed by atoms with Crippen molar-refractivity contribution >= 4 is 47.4 Å². The molecule has 2 saturated carbocycles. The molecule has 0 bridgehead atoms. The quantitative estimate of drug-likeness (QED) is 0.322. The van der Waals surface area contributed by atoms with Crippen molar-refractivity contribution in [3.63, 3.8) is 0 Å². The summed E-state index contributed by atoms with van der Waals surface area (Å²) < 4.78 is 0. The number of benzene rings is 1. The van der Waals surface area contributed by atoms with Crippen LogP contribution in [0.2, 0.25) is 5.02 Å². The normalized spacial score (nSPS) is 18.1. The van der Waals surface area contributed by atoms with Crippen molar-refractivity contribution in [2.75, 3.05) is 19.6 Å². The second kappa shape index (κ2) is 9.07. The van der Waals surface area contributed by atoms with Gasteiger partial charge in [0, 0.05) is 29.6 Å². The zero-order valence-corrected chi connectivity index (χ0v) is 17.6. The second-order valence-corrected chi connectivity index (χ2v) is 7.12. The summed E-state index contributed by atoms with van der Waals surface area (Å²) in [6.45, 7) is 3.74. The Morgan fingerprint density at radius 2 is 2.08 bits per heavy atom. The van der Waals surface area contributed by atoms with Crippen LogP contribution in [0.15, 0.2) is 29.3 Å². The number of halogens is 2. The molecule has 2 aliphatic rings. The number of aliphatic imine (C=N–C) groups is 1. The van der Waals surface area contributed by atoms with Gasteiger partial charge in [-0.15, -0.1) is 24.0 Å². The standard InChI is InChI=1S/C18H25ClN4O.HI/c1-2-20-17(21-11-16(24)23-15-6-7-15)22-12-18(8-9-18)13-4-3-5-14(19)10-13;/h3-5,10,15H,2,6-9,11-12H2,1H3,(H,23,24)(H2,20,21,22);1H. The number of amides is 1. The lowest BCUT2D eigenvalue weighted by atomic mass is 9.96. The van der Waals surface area contributed by atoms with Crippen LogP contribution in [-0.2, 0) is 10.2 Å². The van der Waals surface area contributed by atoms with Gasteiger partial charge >= 0.3 is 0 Å². The summed E-state index contributed by atoms with van der Waals surface area (Å²) >= 11 is 6.12. The van der Waals surface area contributed by atoms with Gasteiger partial charge in [-0.25, -0.2) is 4.99 Å². The van der Waals surface area contributed by atoms with E-state index in [1.807, 2.05) is 25.1 Å². The molecule has 7 heteroatoms. The average Bonchev–Trinajstić information content (AvgIpc) is 3.46. The molecule has 1 aromatic rings. The fraction of sp³-hybridized carbons (Fsp3) is 0.556. The van der Waals surface area contributed by atoms with Crippen molar-refractivity contribution in [3.8, 4) is 0 Å². The number of hydrogen-bond donors (Lipinski definition) is 3. The molecule has 2 aliphatic carbocycles. The second-order valence-electron chi connectivity index (χ2n) is 6.68. The molecule has 0 spiro atoms. The van der Waals surface area contributed by atoms with Crippen molar-refractivity contribution < 1.29 is 4.79 Å². The molecule has 0 saturated heterocycles. The van der Waals surface area contributed by atoms with E-state index >= 15 is 0 Å². The molecule has 5 nitrogen and oxygen atoms in total. The molecular weight excluding hydrogens is 451 g/mol. The Balaban J connectivity index is 0.00000225. The molecule has 3 rings (SSSR count). The zero-order valence-electron chi connectivity index (χ0n) is 14.5. The first-order valence-corrected chi connectivity index (χ1v) is 9.07. The molecule has 138 valence electrons. The monoisotopic (exact) mass is 476 g/mol. The molecule has 0 atom stereocenters. The minimum Gasteiger partial charge on any atom is -0.357 e. The molecule has 0 aromatic heterocycles. The van der Waals surface area contributed by atoms with Crippen LogP contribution < -0.4 is 16.0 Å². The fourth-order valence-electron chi connectivity index (χ4n) is 2.78. The maximum absolute atomic E-state index is 11.8. The van der Waals surface area contributed by atoms with E-state index in [9.17, 15) is 4.79 Å². The van der Waals surface area contributed by atoms with E-state index < -0.39 is 0 Å². The van der Waals surface area contributed by atoms with Gasteiger partial charge in [0.15, 0.2) is 5.96 Å². The van der Waals surface area contributed by atoms with Crippen molar-refractivity contribution in [3.05, 3.63) is 34.9 Å². The maximum Gasteiger partial charge on any atom is 0.242 e. The molecule has 2 fully saturated rings. The summed E-state index contributed by atoms with van der Waals surface area (Å²) in [5.41, 5.74) is 1.40. The van der Waals surface area contributed by atoms with Gasteiger partial charge in [-0.05, 0) is 50.3 Å². The molecule has 0 unspecified atom stereocenters. The van der Waals surface area contributed by atoms with E-state index in [4.69, 9.17) is 11.6 Å². The molecule has 25 heavy (non-hydrogen) atoms. The van der Waals surface area contributed by atoms with Crippen LogP contribution in [0.3, 0.4) is 0 Å². The van der Waals surface area contributed by atoms with E-state index in [-0.39, 0.29) is 41.8 Å². The van der Waals surface area contributed by atoms with Crippen LogP contribution in [0, 0.1) is 0 Å². The van der Waals surface area contributed by atoms with Crippen LogP contribution in [-0.4, -0.2) is 37.5 Å². The SMILES string of the molecule is CCNC(=NCC(=O)NC1CC1)NCC1(c2cccc(Cl)c2)CC1.I. The van der Waals surface area contributed by atoms with Crippen LogP contribution in [0.25, 0.3) is 0 Å². The average molecular weight is 477 g/mol. The van der Waals surface area contributed by atoms with Crippen molar-refractivity contribution in [2.45, 2.75) is 44.1 Å². The smallest absolute Gasteiger partial charge is 0.242 e. The van der Waals surface area contributed by atoms with Gasteiger partial charge in [0.25, 0.3) is 0 Å². The molecule has 0 radical (unpaired) electrons. The summed E-state index contributed by atoms with van der Waals surface area (Å²) in [5, 5.41) is 10.3. The zero-order chi connectivity index (χ0) is 17.0. The summed E-state index contributed by atoms with van der Waals surface area (Å²) in [6, 6.07) is 8.45. The van der Waals surface area contributed by atoms with Crippen LogP contribution in [0.5, 0.6) is 0 Å². The van der Waals surface area contributed by atoms with Gasteiger partial charge in [0.2, 0.25) is 5.91 Å². The topological polar surface area (TPSA) is 65.5 Å². The number of nitrogens with one attached hydrogen (secondary N) is 3. The van der Waals surface area contributed by atoms with E-state index in [2.05, 4.69) is 27.0 Å². The first-order valence-electron chi connectivity index (χ1n) is 8.69. The predicted octanol–water partition coefficient (Wildman–Crippen LogP) is 2.82. The molecule has 0 heterocycles. The maximum atomic E-state index is 11.8. The Labute approximate surface area is 171 Å². The van der Waals surface area contributed by atoms with Crippen molar-refractivity contribution in [2.24, 2.45) is 4.99 Å². The van der Waals surface area contributed by atoms with Gasteiger partial charge in [-0.3, -0.25) is 4.79 Å². The Morgan fingerprint density at radius 3 is 2.68 bits per heavy atom. The molecule has 3 N–H and O–H groups in total. The third-order valence-corrected chi connectivity index (χ3v) is 4.79. The third-order valence-electron chi connectivity index (χ3n) is 4.55. The Morgan fingerprint density at radius 1 is 1.32 bits per heavy atom. The number of rotatable bonds is 7. The minimum atomic E-state index is -0.00863.